The van der Waals surface area contributed by atoms with Crippen LogP contribution in [0.3, 0.4) is 0 Å². The zero-order valence-electron chi connectivity index (χ0n) is 48.8. The Morgan fingerprint density at radius 2 is 0.520 bits per heavy atom. The lowest BCUT2D eigenvalue weighted by atomic mass is 10.0. The first-order valence-corrected chi connectivity index (χ1v) is 31.0. The predicted molar refractivity (Wildman–Crippen MR) is 325 cm³/mol. The molecule has 1 unspecified atom stereocenters. The van der Waals surface area contributed by atoms with E-state index in [1.165, 1.54) is 89.9 Å². The van der Waals surface area contributed by atoms with Crippen LogP contribution in [0, 0.1) is 0 Å². The van der Waals surface area contributed by atoms with Crippen molar-refractivity contribution in [2.45, 2.75) is 284 Å². The van der Waals surface area contributed by atoms with Gasteiger partial charge in [0.25, 0.3) is 0 Å². The molecule has 0 aliphatic rings. The van der Waals surface area contributed by atoms with Crippen LogP contribution >= 0.6 is 0 Å². The molecule has 0 bridgehead atoms. The minimum Gasteiger partial charge on any atom is -0.462 e. The number of hydrogen-bond donors (Lipinski definition) is 0. The van der Waals surface area contributed by atoms with Gasteiger partial charge in [-0.3, -0.25) is 14.4 Å². The Hall–Kier alpha value is -4.19. The van der Waals surface area contributed by atoms with Gasteiger partial charge in [-0.15, -0.1) is 0 Å². The fraction of sp³-hybridized carbons (Fsp3) is 0.667. The molecule has 0 aromatic rings. The molecular weight excluding hydrogens is 925 g/mol. The molecule has 0 radical (unpaired) electrons. The van der Waals surface area contributed by atoms with E-state index < -0.39 is 6.10 Å². The lowest BCUT2D eigenvalue weighted by molar-refractivity contribution is -0.167. The van der Waals surface area contributed by atoms with Gasteiger partial charge in [-0.05, 0) is 122 Å². The van der Waals surface area contributed by atoms with E-state index in [1.54, 1.807) is 0 Å². The minimum atomic E-state index is -0.801. The zero-order valence-corrected chi connectivity index (χ0v) is 48.8. The van der Waals surface area contributed by atoms with Gasteiger partial charge in [0.2, 0.25) is 0 Å². The second-order valence-electron chi connectivity index (χ2n) is 20.2. The highest BCUT2D eigenvalue weighted by Gasteiger charge is 2.19. The average Bonchev–Trinajstić information content (AvgIpc) is 3.41. The number of unbranched alkanes of at least 4 members (excludes halogenated alkanes) is 24. The van der Waals surface area contributed by atoms with Crippen molar-refractivity contribution in [3.05, 3.63) is 122 Å². The molecule has 1 atom stereocenters. The van der Waals surface area contributed by atoms with E-state index in [9.17, 15) is 14.4 Å². The molecule has 426 valence electrons. The van der Waals surface area contributed by atoms with Crippen LogP contribution in [0.25, 0.3) is 0 Å². The van der Waals surface area contributed by atoms with Gasteiger partial charge in [0.15, 0.2) is 6.10 Å². The predicted octanol–water partition coefficient (Wildman–Crippen LogP) is 21.2. The van der Waals surface area contributed by atoms with Gasteiger partial charge in [-0.2, -0.15) is 0 Å². The summed E-state index contributed by atoms with van der Waals surface area (Å²) in [5.74, 6) is -0.938. The van der Waals surface area contributed by atoms with Gasteiger partial charge in [-0.1, -0.05) is 258 Å². The van der Waals surface area contributed by atoms with Crippen molar-refractivity contribution >= 4 is 17.9 Å². The number of allylic oxidation sites excluding steroid dienone is 20. The Morgan fingerprint density at radius 3 is 0.827 bits per heavy atom. The Kier molecular flexibility index (Phi) is 58.9. The molecule has 0 N–H and O–H groups in total. The molecular formula is C69H114O6. The molecule has 0 aromatic carbocycles. The number of hydrogen-bond acceptors (Lipinski definition) is 6. The van der Waals surface area contributed by atoms with Crippen LogP contribution in [-0.4, -0.2) is 37.2 Å². The van der Waals surface area contributed by atoms with Crippen LogP contribution in [0.15, 0.2) is 122 Å². The summed E-state index contributed by atoms with van der Waals surface area (Å²) in [5, 5.41) is 0. The summed E-state index contributed by atoms with van der Waals surface area (Å²) < 4.78 is 16.8. The molecule has 0 aromatic heterocycles. The van der Waals surface area contributed by atoms with Crippen LogP contribution in [0.2, 0.25) is 0 Å². The minimum absolute atomic E-state index is 0.0953. The Labute approximate surface area is 462 Å². The van der Waals surface area contributed by atoms with Crippen molar-refractivity contribution in [3.8, 4) is 0 Å². The van der Waals surface area contributed by atoms with Gasteiger partial charge >= 0.3 is 17.9 Å². The van der Waals surface area contributed by atoms with Crippen molar-refractivity contribution in [1.29, 1.82) is 0 Å². The molecule has 0 spiro atoms. The zero-order chi connectivity index (χ0) is 54.3. The maximum Gasteiger partial charge on any atom is 0.306 e. The van der Waals surface area contributed by atoms with Gasteiger partial charge in [0.1, 0.15) is 13.2 Å². The fourth-order valence-electron chi connectivity index (χ4n) is 8.35. The van der Waals surface area contributed by atoms with Crippen molar-refractivity contribution < 1.29 is 28.6 Å². The van der Waals surface area contributed by atoms with Crippen LogP contribution < -0.4 is 0 Å². The first kappa shape index (κ1) is 70.8. The SMILES string of the molecule is CC/C=C\C/C=C\C/C=C\C/C=C\C/C=C\CCCCCCCCCCCCCCCCCC(=O)OCC(COC(=O)CCCCCCC/C=C\C/C=C\CCC)OC(=O)CCCCC/C=C\C/C=C\C/C=C\CC. The van der Waals surface area contributed by atoms with E-state index >= 15 is 0 Å². The first-order valence-electron chi connectivity index (χ1n) is 31.0. The molecule has 6 heteroatoms. The lowest BCUT2D eigenvalue weighted by Gasteiger charge is -2.18. The van der Waals surface area contributed by atoms with Crippen molar-refractivity contribution in [2.75, 3.05) is 13.2 Å². The monoisotopic (exact) mass is 1040 g/mol. The van der Waals surface area contributed by atoms with Crippen LogP contribution in [0.5, 0.6) is 0 Å². The molecule has 0 amide bonds. The number of carbonyl (C=O) groups is 3. The highest BCUT2D eigenvalue weighted by atomic mass is 16.6. The quantitative estimate of drug-likeness (QED) is 0.0261. The summed E-state index contributed by atoms with van der Waals surface area (Å²) in [6.45, 7) is 6.31. The Morgan fingerprint density at radius 1 is 0.280 bits per heavy atom. The molecule has 6 nitrogen and oxygen atoms in total. The third-order valence-electron chi connectivity index (χ3n) is 12.9. The molecule has 0 saturated carbocycles. The average molecular weight is 1040 g/mol. The maximum absolute atomic E-state index is 12.8. The van der Waals surface area contributed by atoms with E-state index in [4.69, 9.17) is 14.2 Å². The third kappa shape index (κ3) is 60.6. The van der Waals surface area contributed by atoms with E-state index in [-0.39, 0.29) is 37.5 Å². The number of carbonyl (C=O) groups excluding carboxylic acids is 3. The fourth-order valence-corrected chi connectivity index (χ4v) is 8.35. The van der Waals surface area contributed by atoms with Gasteiger partial charge in [0, 0.05) is 19.3 Å². The normalized spacial score (nSPS) is 12.9. The summed E-state index contributed by atoms with van der Waals surface area (Å²) in [4.78, 5) is 38.2. The Balaban J connectivity index is 4.20. The summed E-state index contributed by atoms with van der Waals surface area (Å²) >= 11 is 0. The van der Waals surface area contributed by atoms with Crippen molar-refractivity contribution in [2.24, 2.45) is 0 Å². The van der Waals surface area contributed by atoms with E-state index in [0.717, 1.165) is 148 Å². The highest BCUT2D eigenvalue weighted by molar-refractivity contribution is 5.71. The Bertz CT molecular complexity index is 1570. The molecule has 0 aliphatic heterocycles. The number of ether oxygens (including phenoxy) is 3. The molecule has 0 rings (SSSR count). The molecule has 0 fully saturated rings. The topological polar surface area (TPSA) is 78.9 Å². The smallest absolute Gasteiger partial charge is 0.306 e. The van der Waals surface area contributed by atoms with Crippen molar-refractivity contribution in [1.82, 2.24) is 0 Å². The maximum atomic E-state index is 12.8. The van der Waals surface area contributed by atoms with E-state index in [2.05, 4.69) is 142 Å². The van der Waals surface area contributed by atoms with E-state index in [1.807, 2.05) is 0 Å². The van der Waals surface area contributed by atoms with Crippen LogP contribution in [0.1, 0.15) is 278 Å². The van der Waals surface area contributed by atoms with Gasteiger partial charge in [0.05, 0.1) is 0 Å². The molecule has 75 heavy (non-hydrogen) atoms. The van der Waals surface area contributed by atoms with Crippen LogP contribution in [0.4, 0.5) is 0 Å². The first-order chi connectivity index (χ1) is 37.0. The second-order valence-corrected chi connectivity index (χ2v) is 20.2. The molecule has 0 saturated heterocycles. The van der Waals surface area contributed by atoms with Crippen LogP contribution in [-0.2, 0) is 28.6 Å². The molecule has 0 heterocycles. The van der Waals surface area contributed by atoms with Gasteiger partial charge < -0.3 is 14.2 Å². The number of esters is 3. The molecule has 0 aliphatic carbocycles. The highest BCUT2D eigenvalue weighted by Crippen LogP contribution is 2.16. The summed E-state index contributed by atoms with van der Waals surface area (Å²) in [6.07, 6.45) is 86.5. The summed E-state index contributed by atoms with van der Waals surface area (Å²) in [7, 11) is 0. The summed E-state index contributed by atoms with van der Waals surface area (Å²) in [6, 6.07) is 0. The van der Waals surface area contributed by atoms with E-state index in [0.29, 0.717) is 12.8 Å². The summed E-state index contributed by atoms with van der Waals surface area (Å²) in [5.41, 5.74) is 0. The standard InChI is InChI=1S/C69H114O6/c1-4-7-10-13-16-19-22-25-26-27-28-29-30-31-32-33-34-35-36-37-38-39-40-41-42-45-47-50-53-56-59-62-68(71)74-65-66(75-69(72)63-60-57-54-51-48-44-24-21-18-15-12-9-6-3)64-73-67(70)61-58-55-52-49-46-43-23-20-17-14-11-8-5-2/h7,9-12,14,16,18-21,23,25-26,28-29,31-32,44,48,66H,4-6,8,13,15,17,22,24,27,30,33-43,45-47,49-65H2,1-3H3/b10-7-,12-9-,14-11-,19-16-,21-18-,23-20-,26-25-,29-28-,32-31-,48-44-. The largest absolute Gasteiger partial charge is 0.462 e. The second kappa shape index (κ2) is 62.4. The third-order valence-corrected chi connectivity index (χ3v) is 12.9. The van der Waals surface area contributed by atoms with Gasteiger partial charge in [-0.25, -0.2) is 0 Å². The van der Waals surface area contributed by atoms with Crippen molar-refractivity contribution in [3.63, 3.8) is 0 Å². The lowest BCUT2D eigenvalue weighted by Crippen LogP contribution is -2.30. The number of rotatable bonds is 55.